The number of aromatic nitrogens is 1. The van der Waals surface area contributed by atoms with Crippen LogP contribution in [0.15, 0.2) is 42.6 Å². The van der Waals surface area contributed by atoms with E-state index in [1.54, 1.807) is 6.08 Å². The summed E-state index contributed by atoms with van der Waals surface area (Å²) in [6.07, 6.45) is 2.34. The molecule has 1 unspecified atom stereocenters. The Balaban J connectivity index is 2.52. The monoisotopic (exact) mass is 259 g/mol. The number of nitrogens with zero attached hydrogens (tertiary/aromatic N) is 1. The van der Waals surface area contributed by atoms with Crippen LogP contribution in [0.1, 0.15) is 12.1 Å². The summed E-state index contributed by atoms with van der Waals surface area (Å²) < 4.78 is 39.7. The maximum absolute atomic E-state index is 13.2. The summed E-state index contributed by atoms with van der Waals surface area (Å²) in [6, 6.07) is 2.74. The van der Waals surface area contributed by atoms with E-state index in [4.69, 9.17) is 11.6 Å². The molecule has 0 amide bonds. The van der Waals surface area contributed by atoms with Crippen molar-refractivity contribution in [2.45, 2.75) is 18.0 Å². The van der Waals surface area contributed by atoms with E-state index < -0.39 is 11.6 Å². The van der Waals surface area contributed by atoms with Crippen LogP contribution in [-0.2, 0) is 5.41 Å². The lowest BCUT2D eigenvalue weighted by Crippen LogP contribution is -2.41. The van der Waals surface area contributed by atoms with Crippen LogP contribution in [-0.4, -0.2) is 11.2 Å². The molecular formula is C12H9ClF3N. The number of halogens is 4. The fourth-order valence-electron chi connectivity index (χ4n) is 1.81. The zero-order valence-corrected chi connectivity index (χ0v) is 9.46. The van der Waals surface area contributed by atoms with Crippen LogP contribution >= 0.6 is 11.6 Å². The maximum atomic E-state index is 13.2. The predicted molar refractivity (Wildman–Crippen MR) is 59.9 cm³/mol. The molecule has 0 spiro atoms. The van der Waals surface area contributed by atoms with Gasteiger partial charge in [0.05, 0.1) is 10.7 Å². The summed E-state index contributed by atoms with van der Waals surface area (Å²) in [5, 5.41) is 0.321. The smallest absolute Gasteiger partial charge is 0.258 e. The predicted octanol–water partition coefficient (Wildman–Crippen LogP) is 4.05. The average molecular weight is 260 g/mol. The average Bonchev–Trinajstić information content (AvgIpc) is 2.29. The molecule has 1 atom stereocenters. The highest BCUT2D eigenvalue weighted by Crippen LogP contribution is 2.45. The van der Waals surface area contributed by atoms with Gasteiger partial charge >= 0.3 is 6.18 Å². The van der Waals surface area contributed by atoms with Crippen LogP contribution in [0.3, 0.4) is 0 Å². The van der Waals surface area contributed by atoms with Crippen molar-refractivity contribution in [3.63, 3.8) is 0 Å². The second kappa shape index (κ2) is 4.18. The van der Waals surface area contributed by atoms with Gasteiger partial charge in [0.25, 0.3) is 0 Å². The lowest BCUT2D eigenvalue weighted by molar-refractivity contribution is -0.176. The molecule has 1 heterocycles. The molecule has 0 N–H and O–H groups in total. The van der Waals surface area contributed by atoms with Gasteiger partial charge in [0, 0.05) is 6.20 Å². The fraction of sp³-hybridized carbons (Fsp3) is 0.250. The van der Waals surface area contributed by atoms with Gasteiger partial charge in [0.2, 0.25) is 0 Å². The van der Waals surface area contributed by atoms with Gasteiger partial charge in [-0.2, -0.15) is 13.2 Å². The standard InChI is InChI=1S/C12H9ClF3N/c13-9-4-5-10(17-8-9)11(12(14,15)16)6-2-1-3-7-11/h1-6,8H,7H2. The van der Waals surface area contributed by atoms with Gasteiger partial charge in [-0.1, -0.05) is 35.9 Å². The van der Waals surface area contributed by atoms with Crippen molar-refractivity contribution in [3.05, 3.63) is 53.4 Å². The molecule has 0 aromatic carbocycles. The van der Waals surface area contributed by atoms with Gasteiger partial charge in [-0.15, -0.1) is 0 Å². The number of rotatable bonds is 1. The molecule has 1 aliphatic carbocycles. The van der Waals surface area contributed by atoms with Crippen LogP contribution < -0.4 is 0 Å². The molecule has 1 nitrogen and oxygen atoms in total. The number of hydrogen-bond donors (Lipinski definition) is 0. The van der Waals surface area contributed by atoms with Gasteiger partial charge in [0.1, 0.15) is 5.41 Å². The highest BCUT2D eigenvalue weighted by Gasteiger charge is 2.54. The van der Waals surface area contributed by atoms with E-state index >= 15 is 0 Å². The Kier molecular flexibility index (Phi) is 3.00. The number of pyridine rings is 1. The van der Waals surface area contributed by atoms with Crippen LogP contribution in [0.25, 0.3) is 0 Å². The Morgan fingerprint density at radius 3 is 2.47 bits per heavy atom. The van der Waals surface area contributed by atoms with Gasteiger partial charge in [0.15, 0.2) is 0 Å². The largest absolute Gasteiger partial charge is 0.403 e. The summed E-state index contributed by atoms with van der Waals surface area (Å²) in [5.74, 6) is 0. The fourth-order valence-corrected chi connectivity index (χ4v) is 1.92. The number of hydrogen-bond acceptors (Lipinski definition) is 1. The zero-order valence-electron chi connectivity index (χ0n) is 8.71. The summed E-state index contributed by atoms with van der Waals surface area (Å²) >= 11 is 5.63. The Hall–Kier alpha value is -1.29. The molecule has 0 aliphatic heterocycles. The van der Waals surface area contributed by atoms with Crippen molar-refractivity contribution in [1.29, 1.82) is 0 Å². The number of alkyl halides is 3. The van der Waals surface area contributed by atoms with Crippen molar-refractivity contribution >= 4 is 11.6 Å². The van der Waals surface area contributed by atoms with Crippen LogP contribution in [0.5, 0.6) is 0 Å². The summed E-state index contributed by atoms with van der Waals surface area (Å²) in [6.45, 7) is 0. The van der Waals surface area contributed by atoms with Crippen LogP contribution in [0.2, 0.25) is 5.02 Å². The first-order chi connectivity index (χ1) is 7.96. The zero-order chi connectivity index (χ0) is 12.5. The molecule has 0 radical (unpaired) electrons. The van der Waals surface area contributed by atoms with Crippen molar-refractivity contribution in [1.82, 2.24) is 4.98 Å². The van der Waals surface area contributed by atoms with E-state index in [0.717, 1.165) is 6.08 Å². The minimum absolute atomic E-state index is 0.0324. The molecule has 90 valence electrons. The third kappa shape index (κ3) is 2.09. The molecule has 1 aromatic heterocycles. The number of allylic oxidation sites excluding steroid dienone is 4. The van der Waals surface area contributed by atoms with E-state index in [1.807, 2.05) is 0 Å². The van der Waals surface area contributed by atoms with Crippen LogP contribution in [0.4, 0.5) is 13.2 Å². The highest BCUT2D eigenvalue weighted by molar-refractivity contribution is 6.30. The molecule has 0 fully saturated rings. The Bertz CT molecular complexity index is 462. The Morgan fingerprint density at radius 2 is 2.00 bits per heavy atom. The van der Waals surface area contributed by atoms with E-state index in [1.165, 1.54) is 30.5 Å². The molecule has 1 aliphatic rings. The second-order valence-corrected chi connectivity index (χ2v) is 4.26. The molecule has 17 heavy (non-hydrogen) atoms. The Labute approximate surface area is 102 Å². The summed E-state index contributed by atoms with van der Waals surface area (Å²) in [5.41, 5.74) is -2.07. The van der Waals surface area contributed by atoms with E-state index in [2.05, 4.69) is 4.98 Å². The lowest BCUT2D eigenvalue weighted by Gasteiger charge is -2.32. The highest BCUT2D eigenvalue weighted by atomic mass is 35.5. The first-order valence-corrected chi connectivity index (χ1v) is 5.37. The molecule has 5 heteroatoms. The van der Waals surface area contributed by atoms with Gasteiger partial charge < -0.3 is 0 Å². The third-order valence-corrected chi connectivity index (χ3v) is 2.98. The van der Waals surface area contributed by atoms with Gasteiger partial charge in [-0.05, 0) is 18.6 Å². The van der Waals surface area contributed by atoms with E-state index in [-0.39, 0.29) is 12.1 Å². The van der Waals surface area contributed by atoms with Gasteiger partial charge in [-0.3, -0.25) is 4.98 Å². The summed E-state index contributed by atoms with van der Waals surface area (Å²) in [4.78, 5) is 3.80. The molecule has 1 aromatic rings. The lowest BCUT2D eigenvalue weighted by atomic mass is 9.77. The Morgan fingerprint density at radius 1 is 1.24 bits per heavy atom. The van der Waals surface area contributed by atoms with Crippen LogP contribution in [0, 0.1) is 0 Å². The van der Waals surface area contributed by atoms with Gasteiger partial charge in [-0.25, -0.2) is 0 Å². The molecular weight excluding hydrogens is 251 g/mol. The third-order valence-electron chi connectivity index (χ3n) is 2.76. The van der Waals surface area contributed by atoms with Crippen molar-refractivity contribution in [2.24, 2.45) is 0 Å². The van der Waals surface area contributed by atoms with E-state index in [0.29, 0.717) is 5.02 Å². The minimum atomic E-state index is -4.38. The normalized spacial score (nSPS) is 24.0. The minimum Gasteiger partial charge on any atom is -0.258 e. The van der Waals surface area contributed by atoms with Crippen molar-refractivity contribution < 1.29 is 13.2 Å². The molecule has 0 bridgehead atoms. The molecule has 2 rings (SSSR count). The summed E-state index contributed by atoms with van der Waals surface area (Å²) in [7, 11) is 0. The first kappa shape index (κ1) is 12.2. The van der Waals surface area contributed by atoms with Crippen molar-refractivity contribution in [3.8, 4) is 0 Å². The SMILES string of the molecule is FC(F)(F)C1(c2ccc(Cl)cn2)C=CC=CC1. The van der Waals surface area contributed by atoms with Crippen molar-refractivity contribution in [2.75, 3.05) is 0 Å². The second-order valence-electron chi connectivity index (χ2n) is 3.82. The van der Waals surface area contributed by atoms with E-state index in [9.17, 15) is 13.2 Å². The quantitative estimate of drug-likeness (QED) is 0.741. The molecule has 0 saturated carbocycles. The first-order valence-electron chi connectivity index (χ1n) is 4.99. The topological polar surface area (TPSA) is 12.9 Å². The molecule has 0 saturated heterocycles. The maximum Gasteiger partial charge on any atom is 0.403 e.